The maximum atomic E-state index is 12.7. The molecule has 3 rings (SSSR count). The van der Waals surface area contributed by atoms with Crippen LogP contribution in [-0.2, 0) is 0 Å². The summed E-state index contributed by atoms with van der Waals surface area (Å²) < 4.78 is 0. The Kier molecular flexibility index (Phi) is 6.26. The molecule has 2 aromatic rings. The maximum Gasteiger partial charge on any atom is 0.253 e. The molecule has 2 aromatic carbocycles. The number of nitriles is 1. The number of rotatable bonds is 6. The van der Waals surface area contributed by atoms with Gasteiger partial charge in [0.1, 0.15) is 0 Å². The highest BCUT2D eigenvalue weighted by atomic mass is 16.2. The Morgan fingerprint density at radius 1 is 0.963 bits per heavy atom. The summed E-state index contributed by atoms with van der Waals surface area (Å²) >= 11 is 0. The van der Waals surface area contributed by atoms with Gasteiger partial charge in [-0.3, -0.25) is 4.79 Å². The average molecular weight is 361 g/mol. The van der Waals surface area contributed by atoms with E-state index in [0.717, 1.165) is 24.2 Å². The Balaban J connectivity index is 1.58. The van der Waals surface area contributed by atoms with Crippen LogP contribution in [0.2, 0.25) is 0 Å². The van der Waals surface area contributed by atoms with Gasteiger partial charge in [-0.25, -0.2) is 0 Å². The van der Waals surface area contributed by atoms with Gasteiger partial charge < -0.3 is 9.80 Å². The van der Waals surface area contributed by atoms with E-state index in [1.54, 1.807) is 0 Å². The Morgan fingerprint density at radius 3 is 2.07 bits per heavy atom. The van der Waals surface area contributed by atoms with Crippen molar-refractivity contribution in [2.45, 2.75) is 31.7 Å². The quantitative estimate of drug-likeness (QED) is 0.776. The van der Waals surface area contributed by atoms with Crippen LogP contribution in [0.15, 0.2) is 48.5 Å². The minimum absolute atomic E-state index is 0.0567. The molecule has 0 bridgehead atoms. The van der Waals surface area contributed by atoms with E-state index in [1.807, 2.05) is 60.5 Å². The van der Waals surface area contributed by atoms with Gasteiger partial charge >= 0.3 is 0 Å². The fraction of sp³-hybridized carbons (Fsp3) is 0.391. The molecule has 1 amide bonds. The number of hydrogen-bond donors (Lipinski definition) is 0. The highest BCUT2D eigenvalue weighted by molar-refractivity contribution is 5.94. The first-order valence-corrected chi connectivity index (χ1v) is 9.65. The molecule has 0 aliphatic heterocycles. The minimum Gasteiger partial charge on any atom is -0.340 e. The number of carbonyl (C=O) groups is 1. The molecule has 4 heteroatoms. The third-order valence-corrected chi connectivity index (χ3v) is 5.56. The SMILES string of the molecule is CN(CCN(C)C1CCCC1)C(=O)c1ccc(-c2ccc(C#N)cc2)cc1. The van der Waals surface area contributed by atoms with Gasteiger partial charge in [0.15, 0.2) is 0 Å². The van der Waals surface area contributed by atoms with E-state index in [2.05, 4.69) is 18.0 Å². The van der Waals surface area contributed by atoms with Crippen molar-refractivity contribution in [3.05, 3.63) is 59.7 Å². The monoisotopic (exact) mass is 361 g/mol. The third-order valence-electron chi connectivity index (χ3n) is 5.56. The zero-order valence-electron chi connectivity index (χ0n) is 16.2. The first kappa shape index (κ1) is 19.1. The lowest BCUT2D eigenvalue weighted by molar-refractivity contribution is 0.0774. The highest BCUT2D eigenvalue weighted by Crippen LogP contribution is 2.22. The second-order valence-corrected chi connectivity index (χ2v) is 7.41. The van der Waals surface area contributed by atoms with Crippen molar-refractivity contribution in [2.24, 2.45) is 0 Å². The number of benzene rings is 2. The Morgan fingerprint density at radius 2 is 1.52 bits per heavy atom. The molecular formula is C23H27N3O. The maximum absolute atomic E-state index is 12.7. The minimum atomic E-state index is 0.0567. The first-order valence-electron chi connectivity index (χ1n) is 9.65. The van der Waals surface area contributed by atoms with Crippen LogP contribution in [0.25, 0.3) is 11.1 Å². The van der Waals surface area contributed by atoms with Crippen LogP contribution in [-0.4, -0.2) is 48.9 Å². The summed E-state index contributed by atoms with van der Waals surface area (Å²) in [5.41, 5.74) is 3.44. The van der Waals surface area contributed by atoms with Crippen LogP contribution in [0.5, 0.6) is 0 Å². The molecule has 0 spiro atoms. The van der Waals surface area contributed by atoms with E-state index < -0.39 is 0 Å². The second kappa shape index (κ2) is 8.83. The molecule has 1 fully saturated rings. The van der Waals surface area contributed by atoms with E-state index in [1.165, 1.54) is 25.7 Å². The van der Waals surface area contributed by atoms with Gasteiger partial charge in [0.25, 0.3) is 5.91 Å². The molecule has 0 radical (unpaired) electrons. The van der Waals surface area contributed by atoms with Crippen LogP contribution >= 0.6 is 0 Å². The molecule has 1 aliphatic rings. The molecule has 4 nitrogen and oxygen atoms in total. The molecule has 0 aromatic heterocycles. The third kappa shape index (κ3) is 4.75. The Hall–Kier alpha value is -2.64. The molecule has 0 N–H and O–H groups in total. The topological polar surface area (TPSA) is 47.3 Å². The van der Waals surface area contributed by atoms with Gasteiger partial charge in [0, 0.05) is 31.7 Å². The largest absolute Gasteiger partial charge is 0.340 e. The van der Waals surface area contributed by atoms with Gasteiger partial charge in [-0.05, 0) is 55.3 Å². The fourth-order valence-corrected chi connectivity index (χ4v) is 3.70. The summed E-state index contributed by atoms with van der Waals surface area (Å²) in [5.74, 6) is 0.0567. The number of hydrogen-bond acceptors (Lipinski definition) is 3. The number of likely N-dealkylation sites (N-methyl/N-ethyl adjacent to an activating group) is 2. The average Bonchev–Trinajstić information content (AvgIpc) is 3.26. The first-order chi connectivity index (χ1) is 13.1. The van der Waals surface area contributed by atoms with Crippen molar-refractivity contribution in [1.82, 2.24) is 9.80 Å². The van der Waals surface area contributed by atoms with Gasteiger partial charge in [0.05, 0.1) is 11.6 Å². The van der Waals surface area contributed by atoms with Gasteiger partial charge in [-0.15, -0.1) is 0 Å². The number of nitrogens with zero attached hydrogens (tertiary/aromatic N) is 3. The molecular weight excluding hydrogens is 334 g/mol. The lowest BCUT2D eigenvalue weighted by Crippen LogP contribution is -2.38. The summed E-state index contributed by atoms with van der Waals surface area (Å²) in [6, 6.07) is 18.0. The summed E-state index contributed by atoms with van der Waals surface area (Å²) in [5, 5.41) is 8.89. The lowest BCUT2D eigenvalue weighted by Gasteiger charge is -2.26. The van der Waals surface area contributed by atoms with E-state index in [0.29, 0.717) is 17.2 Å². The summed E-state index contributed by atoms with van der Waals surface area (Å²) in [7, 11) is 4.04. The highest BCUT2D eigenvalue weighted by Gasteiger charge is 2.20. The standard InChI is InChI=1S/C23H27N3O/c1-25(22-5-3-4-6-22)15-16-26(2)23(27)21-13-11-20(12-14-21)19-9-7-18(17-24)8-10-19/h7-14,22H,3-6,15-16H2,1-2H3. The molecule has 0 atom stereocenters. The predicted molar refractivity (Wildman–Crippen MR) is 108 cm³/mol. The molecule has 0 saturated heterocycles. The Bertz CT molecular complexity index is 799. The molecule has 0 unspecified atom stereocenters. The van der Waals surface area contributed by atoms with Gasteiger partial charge in [-0.2, -0.15) is 5.26 Å². The molecule has 27 heavy (non-hydrogen) atoms. The van der Waals surface area contributed by atoms with Crippen molar-refractivity contribution < 1.29 is 4.79 Å². The van der Waals surface area contributed by atoms with Crippen LogP contribution in [0, 0.1) is 11.3 Å². The van der Waals surface area contributed by atoms with Crippen molar-refractivity contribution in [3.8, 4) is 17.2 Å². The number of carbonyl (C=O) groups excluding carboxylic acids is 1. The summed E-state index contributed by atoms with van der Waals surface area (Å²) in [6.07, 6.45) is 5.22. The molecule has 0 heterocycles. The van der Waals surface area contributed by atoms with Gasteiger partial charge in [-0.1, -0.05) is 37.1 Å². The normalized spacial score (nSPS) is 14.3. The van der Waals surface area contributed by atoms with E-state index >= 15 is 0 Å². The van der Waals surface area contributed by atoms with E-state index in [4.69, 9.17) is 5.26 Å². The summed E-state index contributed by atoms with van der Waals surface area (Å²) in [4.78, 5) is 16.9. The predicted octanol–water partition coefficient (Wildman–Crippen LogP) is 4.17. The van der Waals surface area contributed by atoms with E-state index in [9.17, 15) is 4.79 Å². The van der Waals surface area contributed by atoms with Crippen molar-refractivity contribution in [2.75, 3.05) is 27.2 Å². The van der Waals surface area contributed by atoms with Crippen LogP contribution in [0.3, 0.4) is 0 Å². The Labute approximate surface area is 162 Å². The number of amides is 1. The van der Waals surface area contributed by atoms with Gasteiger partial charge in [0.2, 0.25) is 0 Å². The van der Waals surface area contributed by atoms with Crippen LogP contribution < -0.4 is 0 Å². The summed E-state index contributed by atoms with van der Waals surface area (Å²) in [6.45, 7) is 1.65. The lowest BCUT2D eigenvalue weighted by atomic mass is 10.0. The second-order valence-electron chi connectivity index (χ2n) is 7.41. The zero-order chi connectivity index (χ0) is 19.2. The smallest absolute Gasteiger partial charge is 0.253 e. The van der Waals surface area contributed by atoms with E-state index in [-0.39, 0.29) is 5.91 Å². The van der Waals surface area contributed by atoms with Crippen LogP contribution in [0.4, 0.5) is 0 Å². The van der Waals surface area contributed by atoms with Crippen molar-refractivity contribution in [3.63, 3.8) is 0 Å². The molecule has 1 aliphatic carbocycles. The fourth-order valence-electron chi connectivity index (χ4n) is 3.70. The molecule has 140 valence electrons. The van der Waals surface area contributed by atoms with Crippen molar-refractivity contribution >= 4 is 5.91 Å². The zero-order valence-corrected chi connectivity index (χ0v) is 16.2. The van der Waals surface area contributed by atoms with Crippen LogP contribution in [0.1, 0.15) is 41.6 Å². The molecule has 1 saturated carbocycles. The van der Waals surface area contributed by atoms with Crippen molar-refractivity contribution in [1.29, 1.82) is 5.26 Å².